The van der Waals surface area contributed by atoms with E-state index in [0.717, 1.165) is 24.2 Å². The normalized spacial score (nSPS) is 12.1. The third-order valence-electron chi connectivity index (χ3n) is 8.70. The molecule has 0 aliphatic carbocycles. The first kappa shape index (κ1) is 42.8. The fourth-order valence-corrected chi connectivity index (χ4v) is 7.00. The Bertz CT molecular complexity index is 2220. The highest BCUT2D eigenvalue weighted by Gasteiger charge is 2.16. The maximum atomic E-state index is 13.3. The van der Waals surface area contributed by atoms with Gasteiger partial charge in [0.05, 0.1) is 19.4 Å². The van der Waals surface area contributed by atoms with Gasteiger partial charge in [-0.15, -0.1) is 5.10 Å². The summed E-state index contributed by atoms with van der Waals surface area (Å²) in [5, 5.41) is 7.46. The van der Waals surface area contributed by atoms with E-state index in [4.69, 9.17) is 32.1 Å². The number of ether oxygens (including phenoxy) is 5. The number of rotatable bonds is 26. The lowest BCUT2D eigenvalue weighted by molar-refractivity contribution is 0.211. The van der Waals surface area contributed by atoms with Crippen LogP contribution in [0.4, 0.5) is 5.69 Å². The zero-order valence-electron chi connectivity index (χ0n) is 33.3. The van der Waals surface area contributed by atoms with Gasteiger partial charge in [0, 0.05) is 25.1 Å². The van der Waals surface area contributed by atoms with Gasteiger partial charge in [0.1, 0.15) is 36.3 Å². The van der Waals surface area contributed by atoms with Gasteiger partial charge in [-0.3, -0.25) is 9.82 Å². The quantitative estimate of drug-likeness (QED) is 0.0450. The number of aromatic nitrogens is 4. The topological polar surface area (TPSA) is 169 Å². The summed E-state index contributed by atoms with van der Waals surface area (Å²) in [5.41, 5.74) is 1.86. The molecule has 0 aliphatic heterocycles. The van der Waals surface area contributed by atoms with Gasteiger partial charge in [0.25, 0.3) is 11.3 Å². The van der Waals surface area contributed by atoms with Crippen LogP contribution in [-0.2, 0) is 29.0 Å². The second kappa shape index (κ2) is 22.4. The molecule has 2 unspecified atom stereocenters. The molecule has 0 aliphatic rings. The number of benzene rings is 4. The minimum atomic E-state index is -2.03. The van der Waals surface area contributed by atoms with Gasteiger partial charge in [0.2, 0.25) is 5.88 Å². The minimum Gasteiger partial charge on any atom is -0.497 e. The van der Waals surface area contributed by atoms with Crippen LogP contribution in [0.1, 0.15) is 56.8 Å². The number of para-hydroxylation sites is 1. The van der Waals surface area contributed by atoms with Crippen molar-refractivity contribution >= 4 is 33.9 Å². The molecule has 314 valence electrons. The summed E-state index contributed by atoms with van der Waals surface area (Å²) in [4.78, 5) is 4.54. The molecule has 15 nitrogen and oxygen atoms in total. The molecule has 6 aromatic rings. The number of fused-ring (bicyclic) bond motifs is 1. The van der Waals surface area contributed by atoms with Crippen molar-refractivity contribution in [3.63, 3.8) is 0 Å². The number of unbranched alkanes of at least 4 members (excludes halogenated alkanes) is 5. The largest absolute Gasteiger partial charge is 0.497 e. The molecule has 2 atom stereocenters. The van der Waals surface area contributed by atoms with Crippen LogP contribution >= 0.6 is 0 Å². The number of hydrogen-bond donors (Lipinski definition) is 3. The average molecular weight is 847 g/mol. The number of methoxy groups -OCH3 is 1. The highest BCUT2D eigenvalue weighted by Crippen LogP contribution is 2.36. The van der Waals surface area contributed by atoms with E-state index in [1.54, 1.807) is 55.6 Å². The van der Waals surface area contributed by atoms with Gasteiger partial charge < -0.3 is 32.1 Å². The van der Waals surface area contributed by atoms with Crippen LogP contribution in [-0.4, -0.2) is 61.7 Å². The standard InChI is InChI=1S/C42H50N6O9S2/c1-4-5-6-7-8-12-25-53-36-21-15-31(2)28-38(36)57-59(50)47-32-16-22-37(55-35-19-17-33(51-3)18-20-35)39(29-32)56-58(49)43-24-23-40-44-41-30-42(46-48(41)45-40)54-27-26-52-34-13-10-9-11-14-34/h9-11,13-22,28-30,43,47H,4-8,12,23-27H2,1-3H3,(H,44,45). The van der Waals surface area contributed by atoms with Crippen LogP contribution in [0.25, 0.3) is 5.65 Å². The molecule has 2 aromatic heterocycles. The molecule has 0 bridgehead atoms. The predicted octanol–water partition coefficient (Wildman–Crippen LogP) is 8.22. The minimum absolute atomic E-state index is 0.116. The van der Waals surface area contributed by atoms with Crippen molar-refractivity contribution in [1.82, 2.24) is 24.5 Å². The fourth-order valence-electron chi connectivity index (χ4n) is 5.72. The van der Waals surface area contributed by atoms with Crippen LogP contribution in [0.2, 0.25) is 0 Å². The third-order valence-corrected chi connectivity index (χ3v) is 10.2. The number of nitrogens with one attached hydrogen (secondary N) is 3. The van der Waals surface area contributed by atoms with E-state index in [2.05, 4.69) is 31.5 Å². The first-order chi connectivity index (χ1) is 28.8. The highest BCUT2D eigenvalue weighted by atomic mass is 32.2. The lowest BCUT2D eigenvalue weighted by Crippen LogP contribution is -2.24. The van der Waals surface area contributed by atoms with Crippen molar-refractivity contribution in [2.24, 2.45) is 0 Å². The van der Waals surface area contributed by atoms with Crippen molar-refractivity contribution in [1.29, 1.82) is 0 Å². The van der Waals surface area contributed by atoms with Crippen molar-refractivity contribution in [3.8, 4) is 46.1 Å². The van der Waals surface area contributed by atoms with Crippen LogP contribution in [0.15, 0.2) is 97.1 Å². The predicted molar refractivity (Wildman–Crippen MR) is 227 cm³/mol. The number of hydrogen-bond acceptors (Lipinski definition) is 11. The van der Waals surface area contributed by atoms with E-state index >= 15 is 0 Å². The lowest BCUT2D eigenvalue weighted by atomic mass is 10.1. The Morgan fingerprint density at radius 2 is 1.42 bits per heavy atom. The first-order valence-corrected chi connectivity index (χ1v) is 21.6. The van der Waals surface area contributed by atoms with Gasteiger partial charge >= 0.3 is 11.3 Å². The molecule has 0 saturated heterocycles. The van der Waals surface area contributed by atoms with Gasteiger partial charge in [-0.25, -0.2) is 9.71 Å². The van der Waals surface area contributed by atoms with Crippen molar-refractivity contribution in [2.45, 2.75) is 58.8 Å². The number of aryl methyl sites for hydroxylation is 1. The zero-order chi connectivity index (χ0) is 41.2. The monoisotopic (exact) mass is 846 g/mol. The number of anilines is 1. The Morgan fingerprint density at radius 3 is 2.22 bits per heavy atom. The van der Waals surface area contributed by atoms with Crippen LogP contribution in [0, 0.1) is 6.92 Å². The van der Waals surface area contributed by atoms with E-state index in [1.807, 2.05) is 49.4 Å². The zero-order valence-corrected chi connectivity index (χ0v) is 35.0. The summed E-state index contributed by atoms with van der Waals surface area (Å²) in [6.07, 6.45) is 7.23. The average Bonchev–Trinajstić information content (AvgIpc) is 3.80. The number of aromatic amines is 1. The van der Waals surface area contributed by atoms with E-state index in [0.29, 0.717) is 72.3 Å². The highest BCUT2D eigenvalue weighted by molar-refractivity contribution is 7.82. The van der Waals surface area contributed by atoms with Gasteiger partial charge in [-0.2, -0.15) is 13.0 Å². The van der Waals surface area contributed by atoms with Gasteiger partial charge in [-0.05, 0) is 79.6 Å². The second-order valence-corrected chi connectivity index (χ2v) is 15.1. The maximum Gasteiger partial charge on any atom is 0.316 e. The second-order valence-electron chi connectivity index (χ2n) is 13.3. The Labute approximate surface area is 349 Å². The molecule has 4 aromatic carbocycles. The van der Waals surface area contributed by atoms with E-state index in [1.165, 1.54) is 36.4 Å². The number of H-pyrrole nitrogens is 1. The van der Waals surface area contributed by atoms with Crippen LogP contribution in [0.3, 0.4) is 0 Å². The Hall–Kier alpha value is -5.78. The number of nitrogens with zero attached hydrogens (tertiary/aromatic N) is 3. The fraction of sp³-hybridized carbons (Fsp3) is 0.333. The first-order valence-electron chi connectivity index (χ1n) is 19.5. The summed E-state index contributed by atoms with van der Waals surface area (Å²) in [7, 11) is 1.58. The SMILES string of the molecule is CCCCCCCCOc1ccc(C)cc1OS(=O)Nc1ccc(Oc2ccc(OC)cc2)c(OS(=O)NCCc2nc3cc(OCCOc4ccccc4)nn3[nH]2)c1. The summed E-state index contributed by atoms with van der Waals surface area (Å²) in [6, 6.07) is 28.5. The van der Waals surface area contributed by atoms with Crippen molar-refractivity contribution in [2.75, 3.05) is 38.2 Å². The molecule has 2 heterocycles. The van der Waals surface area contributed by atoms with Crippen molar-refractivity contribution < 1.29 is 40.5 Å². The molecule has 3 N–H and O–H groups in total. The van der Waals surface area contributed by atoms with E-state index in [-0.39, 0.29) is 18.0 Å². The van der Waals surface area contributed by atoms with E-state index in [9.17, 15) is 8.42 Å². The summed E-state index contributed by atoms with van der Waals surface area (Å²) < 4.78 is 74.0. The molecule has 0 fully saturated rings. The van der Waals surface area contributed by atoms with Crippen LogP contribution < -0.4 is 41.5 Å². The van der Waals surface area contributed by atoms with Gasteiger partial charge in [0.15, 0.2) is 28.6 Å². The Kier molecular flexibility index (Phi) is 16.2. The van der Waals surface area contributed by atoms with Crippen LogP contribution in [0.5, 0.6) is 46.1 Å². The van der Waals surface area contributed by atoms with Crippen molar-refractivity contribution in [3.05, 3.63) is 108 Å². The maximum absolute atomic E-state index is 13.3. The molecule has 17 heteroatoms. The van der Waals surface area contributed by atoms with E-state index < -0.39 is 22.5 Å². The molecule has 0 saturated carbocycles. The summed E-state index contributed by atoms with van der Waals surface area (Å²) in [5.74, 6) is 4.19. The smallest absolute Gasteiger partial charge is 0.316 e. The molecule has 6 rings (SSSR count). The molecular weight excluding hydrogens is 797 g/mol. The Balaban J connectivity index is 1.03. The summed E-state index contributed by atoms with van der Waals surface area (Å²) in [6.45, 7) is 5.58. The molecule has 0 spiro atoms. The van der Waals surface area contributed by atoms with Gasteiger partial charge in [-0.1, -0.05) is 63.3 Å². The molecule has 0 radical (unpaired) electrons. The molecule has 59 heavy (non-hydrogen) atoms. The third kappa shape index (κ3) is 13.7. The molecule has 0 amide bonds. The Morgan fingerprint density at radius 1 is 0.695 bits per heavy atom. The summed E-state index contributed by atoms with van der Waals surface area (Å²) >= 11 is -4.04. The lowest BCUT2D eigenvalue weighted by Gasteiger charge is -2.15. The molecular formula is C42H50N6O9S2.